The molecular weight excluding hydrogens is 262 g/mol. The van der Waals surface area contributed by atoms with E-state index in [1.807, 2.05) is 26.0 Å². The van der Waals surface area contributed by atoms with Crippen LogP contribution in [0.2, 0.25) is 0 Å². The largest absolute Gasteiger partial charge is 0.321 e. The lowest BCUT2D eigenvalue weighted by Crippen LogP contribution is -2.12. The summed E-state index contributed by atoms with van der Waals surface area (Å²) >= 11 is 0. The zero-order valence-corrected chi connectivity index (χ0v) is 11.9. The maximum atomic E-state index is 12.3. The van der Waals surface area contributed by atoms with Crippen molar-refractivity contribution >= 4 is 22.5 Å². The molecule has 21 heavy (non-hydrogen) atoms. The zero-order chi connectivity index (χ0) is 14.8. The fraction of sp³-hybridized carbons (Fsp3) is 0.118. The Morgan fingerprint density at radius 3 is 2.76 bits per heavy atom. The van der Waals surface area contributed by atoms with Gasteiger partial charge in [0, 0.05) is 24.0 Å². The number of carbonyl (C=O) groups is 1. The Morgan fingerprint density at radius 2 is 2.00 bits per heavy atom. The summed E-state index contributed by atoms with van der Waals surface area (Å²) in [6.07, 6.45) is 4.91. The number of aryl methyl sites for hydroxylation is 2. The molecule has 2 heterocycles. The smallest absolute Gasteiger partial charge is 0.257 e. The van der Waals surface area contributed by atoms with Crippen molar-refractivity contribution in [3.05, 3.63) is 65.6 Å². The second-order valence-electron chi connectivity index (χ2n) is 5.03. The third-order valence-corrected chi connectivity index (χ3v) is 3.35. The highest BCUT2D eigenvalue weighted by atomic mass is 16.1. The minimum atomic E-state index is -0.172. The summed E-state index contributed by atoms with van der Waals surface area (Å²) in [7, 11) is 0. The monoisotopic (exact) mass is 277 g/mol. The van der Waals surface area contributed by atoms with Crippen LogP contribution in [0.25, 0.3) is 10.9 Å². The van der Waals surface area contributed by atoms with Gasteiger partial charge in [0.15, 0.2) is 0 Å². The van der Waals surface area contributed by atoms with Crippen LogP contribution in [0.3, 0.4) is 0 Å². The van der Waals surface area contributed by atoms with E-state index in [9.17, 15) is 4.79 Å². The minimum Gasteiger partial charge on any atom is -0.321 e. The van der Waals surface area contributed by atoms with Gasteiger partial charge in [-0.05, 0) is 43.7 Å². The van der Waals surface area contributed by atoms with E-state index in [0.717, 1.165) is 27.7 Å². The number of amides is 1. The van der Waals surface area contributed by atoms with Crippen LogP contribution in [-0.4, -0.2) is 15.9 Å². The molecule has 1 N–H and O–H groups in total. The molecule has 0 saturated heterocycles. The van der Waals surface area contributed by atoms with Crippen molar-refractivity contribution in [2.24, 2.45) is 0 Å². The molecule has 1 amide bonds. The van der Waals surface area contributed by atoms with Crippen LogP contribution < -0.4 is 5.32 Å². The lowest BCUT2D eigenvalue weighted by molar-refractivity contribution is 0.102. The first-order valence-electron chi connectivity index (χ1n) is 6.72. The van der Waals surface area contributed by atoms with E-state index < -0.39 is 0 Å². The Kier molecular flexibility index (Phi) is 3.36. The van der Waals surface area contributed by atoms with Crippen LogP contribution in [0.15, 0.2) is 48.9 Å². The summed E-state index contributed by atoms with van der Waals surface area (Å²) in [5.74, 6) is -0.172. The number of pyridine rings is 2. The molecule has 4 nitrogen and oxygen atoms in total. The standard InChI is InChI=1S/C17H15N3O/c1-11-8-12(2)16-14(9-11)15(5-7-19-16)20-17(21)13-4-3-6-18-10-13/h3-10H,1-2H3,(H,19,20,21). The van der Waals surface area contributed by atoms with Gasteiger partial charge < -0.3 is 5.32 Å². The number of nitrogens with one attached hydrogen (secondary N) is 1. The summed E-state index contributed by atoms with van der Waals surface area (Å²) in [4.78, 5) is 20.6. The first-order chi connectivity index (χ1) is 10.1. The number of aromatic nitrogens is 2. The molecule has 0 aliphatic rings. The average Bonchev–Trinajstić information content (AvgIpc) is 2.49. The topological polar surface area (TPSA) is 54.9 Å². The Balaban J connectivity index is 2.03. The van der Waals surface area contributed by atoms with Crippen LogP contribution >= 0.6 is 0 Å². The van der Waals surface area contributed by atoms with Crippen LogP contribution in [0.4, 0.5) is 5.69 Å². The van der Waals surface area contributed by atoms with Gasteiger partial charge in [0.05, 0.1) is 16.8 Å². The predicted molar refractivity (Wildman–Crippen MR) is 83.4 cm³/mol. The van der Waals surface area contributed by atoms with E-state index >= 15 is 0 Å². The summed E-state index contributed by atoms with van der Waals surface area (Å²) in [5, 5.41) is 3.89. The fourth-order valence-corrected chi connectivity index (χ4v) is 2.41. The fourth-order valence-electron chi connectivity index (χ4n) is 2.41. The predicted octanol–water partition coefficient (Wildman–Crippen LogP) is 3.50. The van der Waals surface area contributed by atoms with Crippen molar-refractivity contribution in [1.82, 2.24) is 9.97 Å². The molecule has 4 heteroatoms. The maximum Gasteiger partial charge on any atom is 0.257 e. The van der Waals surface area contributed by atoms with Crippen LogP contribution in [0.1, 0.15) is 21.5 Å². The summed E-state index contributed by atoms with van der Waals surface area (Å²) in [6, 6.07) is 9.42. The molecular formula is C17H15N3O. The normalized spacial score (nSPS) is 10.6. The van der Waals surface area contributed by atoms with E-state index in [0.29, 0.717) is 5.56 Å². The summed E-state index contributed by atoms with van der Waals surface area (Å²) in [5.41, 5.74) is 4.45. The average molecular weight is 277 g/mol. The minimum absolute atomic E-state index is 0.172. The number of hydrogen-bond acceptors (Lipinski definition) is 3. The van der Waals surface area contributed by atoms with E-state index in [-0.39, 0.29) is 5.91 Å². The second-order valence-corrected chi connectivity index (χ2v) is 5.03. The highest BCUT2D eigenvalue weighted by molar-refractivity contribution is 6.08. The molecule has 0 fully saturated rings. The van der Waals surface area contributed by atoms with Gasteiger partial charge in [-0.3, -0.25) is 14.8 Å². The van der Waals surface area contributed by atoms with E-state index in [2.05, 4.69) is 21.4 Å². The van der Waals surface area contributed by atoms with Crippen molar-refractivity contribution in [3.8, 4) is 0 Å². The molecule has 2 aromatic heterocycles. The van der Waals surface area contributed by atoms with Gasteiger partial charge in [-0.1, -0.05) is 11.6 Å². The first-order valence-corrected chi connectivity index (χ1v) is 6.72. The van der Waals surface area contributed by atoms with Gasteiger partial charge in [-0.2, -0.15) is 0 Å². The lowest BCUT2D eigenvalue weighted by Gasteiger charge is -2.10. The third-order valence-electron chi connectivity index (χ3n) is 3.35. The highest BCUT2D eigenvalue weighted by Gasteiger charge is 2.10. The van der Waals surface area contributed by atoms with E-state index in [1.54, 1.807) is 30.7 Å². The molecule has 0 atom stereocenters. The SMILES string of the molecule is Cc1cc(C)c2nccc(NC(=O)c3cccnc3)c2c1. The number of anilines is 1. The Bertz CT molecular complexity index is 813. The van der Waals surface area contributed by atoms with Crippen LogP contribution in [0, 0.1) is 13.8 Å². The van der Waals surface area contributed by atoms with Crippen molar-refractivity contribution in [2.75, 3.05) is 5.32 Å². The van der Waals surface area contributed by atoms with Crippen LogP contribution in [-0.2, 0) is 0 Å². The molecule has 0 radical (unpaired) electrons. The zero-order valence-electron chi connectivity index (χ0n) is 11.9. The number of benzene rings is 1. The Morgan fingerprint density at radius 1 is 1.14 bits per heavy atom. The van der Waals surface area contributed by atoms with Crippen molar-refractivity contribution in [2.45, 2.75) is 13.8 Å². The summed E-state index contributed by atoms with van der Waals surface area (Å²) < 4.78 is 0. The Hall–Kier alpha value is -2.75. The molecule has 1 aromatic carbocycles. The number of fused-ring (bicyclic) bond motifs is 1. The highest BCUT2D eigenvalue weighted by Crippen LogP contribution is 2.25. The van der Waals surface area contributed by atoms with Crippen LogP contribution in [0.5, 0.6) is 0 Å². The molecule has 0 aliphatic carbocycles. The number of carbonyl (C=O) groups excluding carboxylic acids is 1. The van der Waals surface area contributed by atoms with E-state index in [1.165, 1.54) is 0 Å². The van der Waals surface area contributed by atoms with Gasteiger partial charge in [0.1, 0.15) is 0 Å². The maximum absolute atomic E-state index is 12.3. The second kappa shape index (κ2) is 5.32. The van der Waals surface area contributed by atoms with Crippen molar-refractivity contribution in [3.63, 3.8) is 0 Å². The van der Waals surface area contributed by atoms with E-state index in [4.69, 9.17) is 0 Å². The number of nitrogens with zero attached hydrogens (tertiary/aromatic N) is 2. The summed E-state index contributed by atoms with van der Waals surface area (Å²) in [6.45, 7) is 4.06. The quantitative estimate of drug-likeness (QED) is 0.780. The van der Waals surface area contributed by atoms with Gasteiger partial charge >= 0.3 is 0 Å². The lowest BCUT2D eigenvalue weighted by atomic mass is 10.1. The third kappa shape index (κ3) is 2.60. The van der Waals surface area contributed by atoms with Gasteiger partial charge in [0.2, 0.25) is 0 Å². The van der Waals surface area contributed by atoms with Crippen molar-refractivity contribution in [1.29, 1.82) is 0 Å². The van der Waals surface area contributed by atoms with Gasteiger partial charge in [-0.25, -0.2) is 0 Å². The van der Waals surface area contributed by atoms with Crippen molar-refractivity contribution < 1.29 is 4.79 Å². The molecule has 0 saturated carbocycles. The molecule has 104 valence electrons. The van der Waals surface area contributed by atoms with Gasteiger partial charge in [-0.15, -0.1) is 0 Å². The number of hydrogen-bond donors (Lipinski definition) is 1. The molecule has 3 aromatic rings. The molecule has 0 bridgehead atoms. The Labute approximate surface area is 122 Å². The molecule has 0 unspecified atom stereocenters. The molecule has 0 aliphatic heterocycles. The van der Waals surface area contributed by atoms with Gasteiger partial charge in [0.25, 0.3) is 5.91 Å². The number of rotatable bonds is 2. The first kappa shape index (κ1) is 13.2. The molecule has 0 spiro atoms. The molecule has 3 rings (SSSR count).